The Labute approximate surface area is 159 Å². The van der Waals surface area contributed by atoms with Crippen molar-refractivity contribution in [1.29, 1.82) is 0 Å². The average molecular weight is 386 g/mol. The van der Waals surface area contributed by atoms with Crippen molar-refractivity contribution in [3.8, 4) is 0 Å². The summed E-state index contributed by atoms with van der Waals surface area (Å²) in [5.74, 6) is 0.767. The third-order valence-corrected chi connectivity index (χ3v) is 6.35. The first-order valence-corrected chi connectivity index (χ1v) is 10.6. The van der Waals surface area contributed by atoms with Gasteiger partial charge >= 0.3 is 0 Å². The Bertz CT molecular complexity index is 921. The van der Waals surface area contributed by atoms with E-state index in [2.05, 4.69) is 14.6 Å². The number of rotatable bonds is 5. The lowest BCUT2D eigenvalue weighted by Crippen LogP contribution is -2.49. The fourth-order valence-corrected chi connectivity index (χ4v) is 4.50. The number of nitrogens with one attached hydrogen (secondary N) is 1. The summed E-state index contributed by atoms with van der Waals surface area (Å²) in [5, 5.41) is 0. The summed E-state index contributed by atoms with van der Waals surface area (Å²) in [6, 6.07) is 12.1. The van der Waals surface area contributed by atoms with Crippen molar-refractivity contribution in [1.82, 2.24) is 14.6 Å². The van der Waals surface area contributed by atoms with E-state index in [4.69, 9.17) is 0 Å². The van der Waals surface area contributed by atoms with Gasteiger partial charge in [0.15, 0.2) is 0 Å². The minimum absolute atomic E-state index is 0.0361. The first-order chi connectivity index (χ1) is 13.0. The van der Waals surface area contributed by atoms with E-state index < -0.39 is 10.0 Å². The molecule has 1 saturated carbocycles. The van der Waals surface area contributed by atoms with Crippen LogP contribution in [-0.4, -0.2) is 56.4 Å². The lowest BCUT2D eigenvalue weighted by atomic mass is 10.2. The zero-order valence-corrected chi connectivity index (χ0v) is 15.7. The standard InChI is InChI=1S/C19H22N4O3S/c24-19(23-12-10-22(11-13-23)18-6-1-2-9-20-18)15-4-3-5-17(14-15)27(25,26)21-16-7-8-16/h1-6,9,14,16,21H,7-8,10-13H2. The molecular formula is C19H22N4O3S. The monoisotopic (exact) mass is 386 g/mol. The van der Waals surface area contributed by atoms with Crippen molar-refractivity contribution in [2.24, 2.45) is 0 Å². The van der Waals surface area contributed by atoms with Gasteiger partial charge in [-0.05, 0) is 43.2 Å². The molecular weight excluding hydrogens is 364 g/mol. The Kier molecular flexibility index (Phi) is 4.84. The molecule has 0 bridgehead atoms. The lowest BCUT2D eigenvalue weighted by molar-refractivity contribution is 0.0746. The summed E-state index contributed by atoms with van der Waals surface area (Å²) in [4.78, 5) is 21.2. The number of hydrogen-bond acceptors (Lipinski definition) is 5. The molecule has 1 amide bonds. The number of sulfonamides is 1. The second-order valence-electron chi connectivity index (χ2n) is 6.89. The first kappa shape index (κ1) is 17.9. The van der Waals surface area contributed by atoms with Gasteiger partial charge in [-0.15, -0.1) is 0 Å². The van der Waals surface area contributed by atoms with Crippen LogP contribution in [0.2, 0.25) is 0 Å². The predicted octanol–water partition coefficient (Wildman–Crippen LogP) is 1.48. The van der Waals surface area contributed by atoms with Crippen LogP contribution in [0, 0.1) is 0 Å². The summed E-state index contributed by atoms with van der Waals surface area (Å²) in [5.41, 5.74) is 0.403. The second kappa shape index (κ2) is 7.28. The van der Waals surface area contributed by atoms with E-state index >= 15 is 0 Å². The van der Waals surface area contributed by atoms with Crippen LogP contribution in [-0.2, 0) is 10.0 Å². The maximum absolute atomic E-state index is 12.8. The number of amides is 1. The molecule has 4 rings (SSSR count). The molecule has 1 N–H and O–H groups in total. The largest absolute Gasteiger partial charge is 0.353 e. The molecule has 0 unspecified atom stereocenters. The molecule has 2 aliphatic rings. The highest BCUT2D eigenvalue weighted by Crippen LogP contribution is 2.23. The van der Waals surface area contributed by atoms with Crippen molar-refractivity contribution >= 4 is 21.7 Å². The molecule has 1 aliphatic heterocycles. The highest BCUT2D eigenvalue weighted by molar-refractivity contribution is 7.89. The molecule has 0 spiro atoms. The van der Waals surface area contributed by atoms with Crippen LogP contribution in [0.15, 0.2) is 53.6 Å². The Morgan fingerprint density at radius 2 is 1.81 bits per heavy atom. The molecule has 1 saturated heterocycles. The molecule has 2 aromatic rings. The number of hydrogen-bond donors (Lipinski definition) is 1. The fourth-order valence-electron chi connectivity index (χ4n) is 3.15. The quantitative estimate of drug-likeness (QED) is 0.842. The molecule has 1 aromatic heterocycles. The Morgan fingerprint density at radius 3 is 2.48 bits per heavy atom. The number of carbonyl (C=O) groups excluding carboxylic acids is 1. The topological polar surface area (TPSA) is 82.6 Å². The zero-order valence-electron chi connectivity index (χ0n) is 14.9. The molecule has 1 aliphatic carbocycles. The first-order valence-electron chi connectivity index (χ1n) is 9.10. The van der Waals surface area contributed by atoms with E-state index in [0.717, 1.165) is 18.7 Å². The minimum Gasteiger partial charge on any atom is -0.353 e. The molecule has 142 valence electrons. The van der Waals surface area contributed by atoms with Gasteiger partial charge in [0, 0.05) is 44.0 Å². The van der Waals surface area contributed by atoms with Gasteiger partial charge < -0.3 is 9.80 Å². The number of pyridine rings is 1. The summed E-state index contributed by atoms with van der Waals surface area (Å²) in [6.45, 7) is 2.55. The van der Waals surface area contributed by atoms with Crippen LogP contribution >= 0.6 is 0 Å². The number of carbonyl (C=O) groups is 1. The van der Waals surface area contributed by atoms with Gasteiger partial charge in [-0.3, -0.25) is 4.79 Å². The highest BCUT2D eigenvalue weighted by atomic mass is 32.2. The molecule has 27 heavy (non-hydrogen) atoms. The molecule has 2 heterocycles. The molecule has 8 heteroatoms. The maximum Gasteiger partial charge on any atom is 0.254 e. The minimum atomic E-state index is -3.57. The van der Waals surface area contributed by atoms with Gasteiger partial charge in [-0.1, -0.05) is 12.1 Å². The van der Waals surface area contributed by atoms with E-state index in [9.17, 15) is 13.2 Å². The van der Waals surface area contributed by atoms with Gasteiger partial charge in [0.05, 0.1) is 4.90 Å². The van der Waals surface area contributed by atoms with Crippen LogP contribution in [0.5, 0.6) is 0 Å². The number of piperazine rings is 1. The van der Waals surface area contributed by atoms with Crippen molar-refractivity contribution in [3.05, 3.63) is 54.2 Å². The number of anilines is 1. The highest BCUT2D eigenvalue weighted by Gasteiger charge is 2.29. The summed E-state index contributed by atoms with van der Waals surface area (Å²) >= 11 is 0. The van der Waals surface area contributed by atoms with Crippen molar-refractivity contribution in [3.63, 3.8) is 0 Å². The van der Waals surface area contributed by atoms with Gasteiger partial charge in [0.2, 0.25) is 10.0 Å². The third kappa shape index (κ3) is 4.12. The molecule has 0 atom stereocenters. The van der Waals surface area contributed by atoms with Gasteiger partial charge in [-0.25, -0.2) is 18.1 Å². The smallest absolute Gasteiger partial charge is 0.254 e. The van der Waals surface area contributed by atoms with E-state index in [1.54, 1.807) is 23.2 Å². The van der Waals surface area contributed by atoms with Crippen LogP contribution in [0.4, 0.5) is 5.82 Å². The number of aromatic nitrogens is 1. The Morgan fingerprint density at radius 1 is 1.04 bits per heavy atom. The SMILES string of the molecule is O=C(c1cccc(S(=O)(=O)NC2CC2)c1)N1CCN(c2ccccn2)CC1. The van der Waals surface area contributed by atoms with E-state index in [1.165, 1.54) is 12.1 Å². The third-order valence-electron chi connectivity index (χ3n) is 4.83. The molecule has 2 fully saturated rings. The Balaban J connectivity index is 1.43. The van der Waals surface area contributed by atoms with Gasteiger partial charge in [-0.2, -0.15) is 0 Å². The molecule has 7 nitrogen and oxygen atoms in total. The average Bonchev–Trinajstić information content (AvgIpc) is 3.52. The summed E-state index contributed by atoms with van der Waals surface area (Å²) in [7, 11) is -3.57. The van der Waals surface area contributed by atoms with Crippen LogP contribution in [0.3, 0.4) is 0 Å². The molecule has 0 radical (unpaired) electrons. The second-order valence-corrected chi connectivity index (χ2v) is 8.60. The summed E-state index contributed by atoms with van der Waals surface area (Å²) in [6.07, 6.45) is 3.51. The van der Waals surface area contributed by atoms with Crippen LogP contribution in [0.1, 0.15) is 23.2 Å². The maximum atomic E-state index is 12.8. The normalized spacial score (nSPS) is 17.8. The summed E-state index contributed by atoms with van der Waals surface area (Å²) < 4.78 is 27.4. The number of benzene rings is 1. The molecule has 1 aromatic carbocycles. The van der Waals surface area contributed by atoms with Gasteiger partial charge in [0.1, 0.15) is 5.82 Å². The predicted molar refractivity (Wildman–Crippen MR) is 102 cm³/mol. The number of nitrogens with zero attached hydrogens (tertiary/aromatic N) is 3. The van der Waals surface area contributed by atoms with Crippen molar-refractivity contribution in [2.45, 2.75) is 23.8 Å². The van der Waals surface area contributed by atoms with Crippen molar-refractivity contribution < 1.29 is 13.2 Å². The van der Waals surface area contributed by atoms with E-state index in [-0.39, 0.29) is 16.8 Å². The van der Waals surface area contributed by atoms with E-state index in [1.807, 2.05) is 18.2 Å². The Hall–Kier alpha value is -2.45. The van der Waals surface area contributed by atoms with Gasteiger partial charge in [0.25, 0.3) is 5.91 Å². The van der Waals surface area contributed by atoms with Crippen molar-refractivity contribution in [2.75, 3.05) is 31.1 Å². The van der Waals surface area contributed by atoms with Crippen LogP contribution in [0.25, 0.3) is 0 Å². The zero-order chi connectivity index (χ0) is 18.9. The van der Waals surface area contributed by atoms with Crippen LogP contribution < -0.4 is 9.62 Å². The lowest BCUT2D eigenvalue weighted by Gasteiger charge is -2.35. The van der Waals surface area contributed by atoms with E-state index in [0.29, 0.717) is 31.7 Å². The fraction of sp³-hybridized carbons (Fsp3) is 0.368.